The molecule has 1 saturated heterocycles. The number of nitrogens with one attached hydrogen (secondary N) is 1. The number of likely N-dealkylation sites (tertiary alicyclic amines) is 1. The quantitative estimate of drug-likeness (QED) is 0.752. The Bertz CT molecular complexity index is 548. The molecule has 24 heavy (non-hydrogen) atoms. The summed E-state index contributed by atoms with van der Waals surface area (Å²) < 4.78 is 0. The smallest absolute Gasteiger partial charge is 0.221 e. The van der Waals surface area contributed by atoms with Crippen molar-refractivity contribution >= 4 is 23.4 Å². The van der Waals surface area contributed by atoms with Gasteiger partial charge in [-0.15, -0.1) is 0 Å². The highest BCUT2D eigenvalue weighted by atomic mass is 35.5. The Morgan fingerprint density at radius 1 is 1.29 bits per heavy atom. The van der Waals surface area contributed by atoms with Crippen LogP contribution in [-0.2, 0) is 16.0 Å². The highest BCUT2D eigenvalue weighted by Gasteiger charge is 2.23. The van der Waals surface area contributed by atoms with E-state index in [0.29, 0.717) is 19.5 Å². The molecule has 1 fully saturated rings. The molecule has 1 aliphatic heterocycles. The van der Waals surface area contributed by atoms with Crippen LogP contribution in [-0.4, -0.2) is 42.9 Å². The summed E-state index contributed by atoms with van der Waals surface area (Å²) in [6, 6.07) is 7.72. The lowest BCUT2D eigenvalue weighted by Gasteiger charge is -2.31. The zero-order valence-electron chi connectivity index (χ0n) is 14.0. The predicted octanol–water partition coefficient (Wildman–Crippen LogP) is 1.98. The van der Waals surface area contributed by atoms with E-state index < -0.39 is 0 Å². The van der Waals surface area contributed by atoms with Crippen molar-refractivity contribution in [3.05, 3.63) is 34.9 Å². The molecule has 2 amide bonds. The Hall–Kier alpha value is -1.59. The van der Waals surface area contributed by atoms with E-state index in [9.17, 15) is 9.59 Å². The van der Waals surface area contributed by atoms with Crippen LogP contribution < -0.4 is 11.1 Å². The van der Waals surface area contributed by atoms with Crippen LogP contribution in [0.25, 0.3) is 0 Å². The molecule has 1 aliphatic rings. The monoisotopic (exact) mass is 351 g/mol. The number of primary amides is 1. The number of piperidine rings is 1. The van der Waals surface area contributed by atoms with Crippen LogP contribution in [0.5, 0.6) is 0 Å². The first-order valence-corrected chi connectivity index (χ1v) is 8.95. The molecule has 0 aromatic heterocycles. The fourth-order valence-electron chi connectivity index (χ4n) is 3.04. The minimum atomic E-state index is -0.217. The standard InChI is InChI=1S/C18H26ClN3O2/c19-16-8-6-14(7-9-16)3-1-5-17(23)21-10-12-22-11-2-4-15(13-22)18(20)24/h6-9,15H,1-5,10-13H2,(H2,20,24)(H,21,23)/t15-/m0/s1. The van der Waals surface area contributed by atoms with Crippen molar-refractivity contribution in [1.82, 2.24) is 10.2 Å². The van der Waals surface area contributed by atoms with Crippen LogP contribution in [0.3, 0.4) is 0 Å². The van der Waals surface area contributed by atoms with E-state index in [1.54, 1.807) is 0 Å². The zero-order chi connectivity index (χ0) is 17.4. The lowest BCUT2D eigenvalue weighted by molar-refractivity contribution is -0.124. The SMILES string of the molecule is NC(=O)[C@H]1CCCN(CCNC(=O)CCCc2ccc(Cl)cc2)C1. The second kappa shape index (κ2) is 9.64. The van der Waals surface area contributed by atoms with Crippen LogP contribution in [0.4, 0.5) is 0 Å². The lowest BCUT2D eigenvalue weighted by Crippen LogP contribution is -2.44. The van der Waals surface area contributed by atoms with Gasteiger partial charge in [0.05, 0.1) is 5.92 Å². The van der Waals surface area contributed by atoms with E-state index in [0.717, 1.165) is 43.8 Å². The normalized spacial score (nSPS) is 18.3. The molecule has 0 bridgehead atoms. The molecular weight excluding hydrogens is 326 g/mol. The van der Waals surface area contributed by atoms with Crippen molar-refractivity contribution in [1.29, 1.82) is 0 Å². The molecule has 0 spiro atoms. The summed E-state index contributed by atoms with van der Waals surface area (Å²) in [5.74, 6) is -0.188. The van der Waals surface area contributed by atoms with Gasteiger partial charge in [-0.1, -0.05) is 23.7 Å². The zero-order valence-corrected chi connectivity index (χ0v) is 14.7. The molecule has 0 unspecified atom stereocenters. The maximum absolute atomic E-state index is 11.9. The van der Waals surface area contributed by atoms with Gasteiger partial charge in [-0.3, -0.25) is 9.59 Å². The molecule has 0 saturated carbocycles. The van der Waals surface area contributed by atoms with E-state index in [-0.39, 0.29) is 17.7 Å². The second-order valence-electron chi connectivity index (χ2n) is 6.37. The van der Waals surface area contributed by atoms with Crippen LogP contribution >= 0.6 is 11.6 Å². The van der Waals surface area contributed by atoms with Crippen LogP contribution in [0.15, 0.2) is 24.3 Å². The van der Waals surface area contributed by atoms with Gasteiger partial charge in [-0.2, -0.15) is 0 Å². The minimum Gasteiger partial charge on any atom is -0.369 e. The van der Waals surface area contributed by atoms with Crippen LogP contribution in [0, 0.1) is 5.92 Å². The maximum Gasteiger partial charge on any atom is 0.221 e. The number of carbonyl (C=O) groups is 2. The largest absolute Gasteiger partial charge is 0.369 e. The molecule has 0 aliphatic carbocycles. The third kappa shape index (κ3) is 6.49. The topological polar surface area (TPSA) is 75.4 Å². The average molecular weight is 352 g/mol. The number of nitrogens with zero attached hydrogens (tertiary/aromatic N) is 1. The van der Waals surface area contributed by atoms with Crippen LogP contribution in [0.2, 0.25) is 5.02 Å². The first kappa shape index (κ1) is 18.7. The molecule has 1 aromatic carbocycles. The van der Waals surface area contributed by atoms with Crippen molar-refractivity contribution in [2.45, 2.75) is 32.1 Å². The van der Waals surface area contributed by atoms with Crippen molar-refractivity contribution in [3.63, 3.8) is 0 Å². The highest BCUT2D eigenvalue weighted by molar-refractivity contribution is 6.30. The summed E-state index contributed by atoms with van der Waals surface area (Å²) in [4.78, 5) is 25.3. The molecule has 1 heterocycles. The molecule has 6 heteroatoms. The third-order valence-electron chi connectivity index (χ3n) is 4.44. The molecule has 1 aromatic rings. The van der Waals surface area contributed by atoms with Gasteiger partial charge in [0, 0.05) is 31.1 Å². The Morgan fingerprint density at radius 2 is 2.04 bits per heavy atom. The van der Waals surface area contributed by atoms with Crippen LogP contribution in [0.1, 0.15) is 31.2 Å². The summed E-state index contributed by atoms with van der Waals surface area (Å²) in [5, 5.41) is 3.68. The number of benzene rings is 1. The van der Waals surface area contributed by atoms with E-state index in [2.05, 4.69) is 10.2 Å². The number of nitrogens with two attached hydrogens (primary N) is 1. The number of rotatable bonds is 8. The molecule has 132 valence electrons. The van der Waals surface area contributed by atoms with E-state index in [1.165, 1.54) is 5.56 Å². The van der Waals surface area contributed by atoms with Crippen molar-refractivity contribution in [2.75, 3.05) is 26.2 Å². The van der Waals surface area contributed by atoms with Crippen molar-refractivity contribution in [2.24, 2.45) is 11.7 Å². The Labute approximate surface area is 148 Å². The summed E-state index contributed by atoms with van der Waals surface area (Å²) in [7, 11) is 0. The summed E-state index contributed by atoms with van der Waals surface area (Å²) >= 11 is 5.85. The van der Waals surface area contributed by atoms with Gasteiger partial charge < -0.3 is 16.0 Å². The number of halogens is 1. The lowest BCUT2D eigenvalue weighted by atomic mass is 9.97. The van der Waals surface area contributed by atoms with E-state index >= 15 is 0 Å². The fourth-order valence-corrected chi connectivity index (χ4v) is 3.16. The van der Waals surface area contributed by atoms with Gasteiger partial charge in [0.25, 0.3) is 0 Å². The molecule has 5 nitrogen and oxygen atoms in total. The maximum atomic E-state index is 11.9. The van der Waals surface area contributed by atoms with Gasteiger partial charge >= 0.3 is 0 Å². The number of hydrogen-bond donors (Lipinski definition) is 2. The Morgan fingerprint density at radius 3 is 2.75 bits per heavy atom. The average Bonchev–Trinajstić information content (AvgIpc) is 2.57. The number of amides is 2. The predicted molar refractivity (Wildman–Crippen MR) is 95.8 cm³/mol. The van der Waals surface area contributed by atoms with E-state index in [1.807, 2.05) is 24.3 Å². The van der Waals surface area contributed by atoms with Gasteiger partial charge in [0.1, 0.15) is 0 Å². The molecule has 1 atom stereocenters. The molecular formula is C18H26ClN3O2. The fraction of sp³-hybridized carbons (Fsp3) is 0.556. The van der Waals surface area contributed by atoms with Gasteiger partial charge in [-0.05, 0) is 49.9 Å². The molecule has 2 rings (SSSR count). The molecule has 3 N–H and O–H groups in total. The first-order valence-electron chi connectivity index (χ1n) is 8.57. The first-order chi connectivity index (χ1) is 11.5. The number of aryl methyl sites for hydroxylation is 1. The highest BCUT2D eigenvalue weighted by Crippen LogP contribution is 2.15. The van der Waals surface area contributed by atoms with Crippen molar-refractivity contribution < 1.29 is 9.59 Å². The van der Waals surface area contributed by atoms with Gasteiger partial charge in [0.15, 0.2) is 0 Å². The number of carbonyl (C=O) groups excluding carboxylic acids is 2. The third-order valence-corrected chi connectivity index (χ3v) is 4.69. The summed E-state index contributed by atoms with van der Waals surface area (Å²) in [6.45, 7) is 3.07. The minimum absolute atomic E-state index is 0.0474. The molecule has 0 radical (unpaired) electrons. The number of hydrogen-bond acceptors (Lipinski definition) is 3. The summed E-state index contributed by atoms with van der Waals surface area (Å²) in [5.41, 5.74) is 6.57. The Kier molecular flexibility index (Phi) is 7.53. The Balaban J connectivity index is 1.58. The van der Waals surface area contributed by atoms with E-state index in [4.69, 9.17) is 17.3 Å². The second-order valence-corrected chi connectivity index (χ2v) is 6.81. The van der Waals surface area contributed by atoms with Gasteiger partial charge in [-0.25, -0.2) is 0 Å². The van der Waals surface area contributed by atoms with Crippen molar-refractivity contribution in [3.8, 4) is 0 Å². The summed E-state index contributed by atoms with van der Waals surface area (Å²) in [6.07, 6.45) is 4.08. The van der Waals surface area contributed by atoms with Gasteiger partial charge in [0.2, 0.25) is 11.8 Å².